The minimum absolute atomic E-state index is 0.369. The van der Waals surface area contributed by atoms with Crippen molar-refractivity contribution in [2.75, 3.05) is 5.75 Å². The predicted molar refractivity (Wildman–Crippen MR) is 68.2 cm³/mol. The van der Waals surface area contributed by atoms with Crippen molar-refractivity contribution in [3.8, 4) is 0 Å². The maximum Gasteiger partial charge on any atom is 0.335 e. The van der Waals surface area contributed by atoms with E-state index < -0.39 is 5.97 Å². The molecule has 0 fully saturated rings. The molecule has 0 aromatic heterocycles. The molecule has 0 aliphatic rings. The first-order valence-electron chi connectivity index (χ1n) is 5.59. The first-order chi connectivity index (χ1) is 7.63. The quantitative estimate of drug-likeness (QED) is 0.763. The summed E-state index contributed by atoms with van der Waals surface area (Å²) in [6.07, 6.45) is 2.43. The standard InChI is InChI=1S/C13H18O2S/c1-3-5-10(2)9-16-12-7-4-6-11(8-12)13(14)15/h4,6-8,10H,3,5,9H2,1-2H3,(H,14,15). The minimum Gasteiger partial charge on any atom is -0.478 e. The van der Waals surface area contributed by atoms with Gasteiger partial charge in [0.05, 0.1) is 5.56 Å². The Morgan fingerprint density at radius 1 is 1.50 bits per heavy atom. The van der Waals surface area contributed by atoms with E-state index in [9.17, 15) is 4.79 Å². The van der Waals surface area contributed by atoms with Crippen molar-refractivity contribution in [3.05, 3.63) is 29.8 Å². The van der Waals surface area contributed by atoms with Crippen molar-refractivity contribution in [1.82, 2.24) is 0 Å². The third-order valence-corrected chi connectivity index (χ3v) is 3.72. The van der Waals surface area contributed by atoms with Crippen molar-refractivity contribution < 1.29 is 9.90 Å². The first kappa shape index (κ1) is 13.1. The summed E-state index contributed by atoms with van der Waals surface area (Å²) in [5.41, 5.74) is 0.369. The lowest BCUT2D eigenvalue weighted by molar-refractivity contribution is 0.0696. The number of benzene rings is 1. The molecule has 1 atom stereocenters. The molecule has 0 radical (unpaired) electrons. The molecule has 0 saturated carbocycles. The molecule has 1 aromatic carbocycles. The lowest BCUT2D eigenvalue weighted by Gasteiger charge is -2.09. The SMILES string of the molecule is CCCC(C)CSc1cccc(C(=O)O)c1. The number of carbonyl (C=O) groups is 1. The molecule has 0 aliphatic heterocycles. The van der Waals surface area contributed by atoms with Gasteiger partial charge in [0.2, 0.25) is 0 Å². The first-order valence-corrected chi connectivity index (χ1v) is 6.58. The van der Waals surface area contributed by atoms with Crippen LogP contribution in [0.4, 0.5) is 0 Å². The van der Waals surface area contributed by atoms with Crippen LogP contribution >= 0.6 is 11.8 Å². The minimum atomic E-state index is -0.857. The molecule has 1 unspecified atom stereocenters. The summed E-state index contributed by atoms with van der Waals surface area (Å²) in [7, 11) is 0. The summed E-state index contributed by atoms with van der Waals surface area (Å²) in [5, 5.41) is 8.86. The Kier molecular flexibility index (Phi) is 5.39. The highest BCUT2D eigenvalue weighted by Gasteiger charge is 2.05. The highest BCUT2D eigenvalue weighted by Crippen LogP contribution is 2.23. The Labute approximate surface area is 101 Å². The molecule has 0 saturated heterocycles. The summed E-state index contributed by atoms with van der Waals surface area (Å²) in [6.45, 7) is 4.42. The molecule has 3 heteroatoms. The van der Waals surface area contributed by atoms with Crippen molar-refractivity contribution in [1.29, 1.82) is 0 Å². The van der Waals surface area contributed by atoms with E-state index in [0.717, 1.165) is 10.6 Å². The molecule has 16 heavy (non-hydrogen) atoms. The van der Waals surface area contributed by atoms with Crippen molar-refractivity contribution >= 4 is 17.7 Å². The lowest BCUT2D eigenvalue weighted by Crippen LogP contribution is -1.98. The van der Waals surface area contributed by atoms with Crippen molar-refractivity contribution in [3.63, 3.8) is 0 Å². The van der Waals surface area contributed by atoms with E-state index in [1.165, 1.54) is 12.8 Å². The molecule has 1 N–H and O–H groups in total. The zero-order chi connectivity index (χ0) is 12.0. The van der Waals surface area contributed by atoms with Crippen LogP contribution in [0.2, 0.25) is 0 Å². The van der Waals surface area contributed by atoms with Gasteiger partial charge in [-0.3, -0.25) is 0 Å². The van der Waals surface area contributed by atoms with Gasteiger partial charge in [0.15, 0.2) is 0 Å². The predicted octanol–water partition coefficient (Wildman–Crippen LogP) is 3.91. The molecule has 0 amide bonds. The molecule has 1 aromatic rings. The van der Waals surface area contributed by atoms with E-state index in [2.05, 4.69) is 13.8 Å². The van der Waals surface area contributed by atoms with Gasteiger partial charge in [-0.05, 0) is 24.1 Å². The molecular weight excluding hydrogens is 220 g/mol. The number of hydrogen-bond donors (Lipinski definition) is 1. The normalized spacial score (nSPS) is 12.4. The van der Waals surface area contributed by atoms with E-state index in [-0.39, 0.29) is 0 Å². The average molecular weight is 238 g/mol. The van der Waals surface area contributed by atoms with Crippen LogP contribution in [0.5, 0.6) is 0 Å². The average Bonchev–Trinajstić information content (AvgIpc) is 2.27. The highest BCUT2D eigenvalue weighted by molar-refractivity contribution is 7.99. The molecule has 1 rings (SSSR count). The third kappa shape index (κ3) is 4.27. The van der Waals surface area contributed by atoms with Gasteiger partial charge >= 0.3 is 5.97 Å². The second-order valence-corrected chi connectivity index (χ2v) is 5.13. The van der Waals surface area contributed by atoms with Crippen LogP contribution in [-0.2, 0) is 0 Å². The molecule has 0 spiro atoms. The summed E-state index contributed by atoms with van der Waals surface area (Å²) in [4.78, 5) is 11.8. The van der Waals surface area contributed by atoms with Gasteiger partial charge < -0.3 is 5.11 Å². The van der Waals surface area contributed by atoms with E-state index in [1.54, 1.807) is 30.0 Å². The number of carboxylic acids is 1. The maximum atomic E-state index is 10.8. The smallest absolute Gasteiger partial charge is 0.335 e. The van der Waals surface area contributed by atoms with E-state index in [1.807, 2.05) is 6.07 Å². The number of hydrogen-bond acceptors (Lipinski definition) is 2. The van der Waals surface area contributed by atoms with Gasteiger partial charge in [0.25, 0.3) is 0 Å². The van der Waals surface area contributed by atoms with Gasteiger partial charge in [-0.1, -0.05) is 32.8 Å². The third-order valence-electron chi connectivity index (χ3n) is 2.40. The van der Waals surface area contributed by atoms with Crippen LogP contribution in [0.25, 0.3) is 0 Å². The van der Waals surface area contributed by atoms with E-state index in [0.29, 0.717) is 11.5 Å². The Balaban J connectivity index is 2.54. The maximum absolute atomic E-state index is 10.8. The summed E-state index contributed by atoms with van der Waals surface area (Å²) in [5.74, 6) is 0.879. The van der Waals surface area contributed by atoms with Crippen LogP contribution < -0.4 is 0 Å². The van der Waals surface area contributed by atoms with Crippen molar-refractivity contribution in [2.24, 2.45) is 5.92 Å². The van der Waals surface area contributed by atoms with Crippen LogP contribution in [0, 0.1) is 5.92 Å². The number of carboxylic acid groups (broad SMARTS) is 1. The van der Waals surface area contributed by atoms with Gasteiger partial charge in [-0.15, -0.1) is 11.8 Å². The molecule has 0 heterocycles. The zero-order valence-corrected chi connectivity index (χ0v) is 10.6. The van der Waals surface area contributed by atoms with Gasteiger partial charge in [-0.25, -0.2) is 4.79 Å². The van der Waals surface area contributed by atoms with Crippen LogP contribution in [-0.4, -0.2) is 16.8 Å². The second kappa shape index (κ2) is 6.59. The van der Waals surface area contributed by atoms with Crippen LogP contribution in [0.1, 0.15) is 37.0 Å². The number of aromatic carboxylic acids is 1. The number of thioether (sulfide) groups is 1. The Hall–Kier alpha value is -0.960. The molecule has 0 aliphatic carbocycles. The lowest BCUT2D eigenvalue weighted by atomic mass is 10.1. The second-order valence-electron chi connectivity index (χ2n) is 4.04. The van der Waals surface area contributed by atoms with Gasteiger partial charge in [0.1, 0.15) is 0 Å². The molecule has 2 nitrogen and oxygen atoms in total. The molecular formula is C13H18O2S. The summed E-state index contributed by atoms with van der Waals surface area (Å²) >= 11 is 1.74. The van der Waals surface area contributed by atoms with E-state index in [4.69, 9.17) is 5.11 Å². The van der Waals surface area contributed by atoms with Crippen molar-refractivity contribution in [2.45, 2.75) is 31.6 Å². The van der Waals surface area contributed by atoms with Gasteiger partial charge in [0, 0.05) is 10.6 Å². The van der Waals surface area contributed by atoms with Crippen LogP contribution in [0.15, 0.2) is 29.2 Å². The monoisotopic (exact) mass is 238 g/mol. The fraction of sp³-hybridized carbons (Fsp3) is 0.462. The number of rotatable bonds is 6. The van der Waals surface area contributed by atoms with Crippen LogP contribution in [0.3, 0.4) is 0 Å². The molecule has 88 valence electrons. The topological polar surface area (TPSA) is 37.3 Å². The zero-order valence-electron chi connectivity index (χ0n) is 9.77. The van der Waals surface area contributed by atoms with E-state index >= 15 is 0 Å². The Morgan fingerprint density at radius 2 is 2.25 bits per heavy atom. The fourth-order valence-corrected chi connectivity index (χ4v) is 2.56. The van der Waals surface area contributed by atoms with Gasteiger partial charge in [-0.2, -0.15) is 0 Å². The summed E-state index contributed by atoms with van der Waals surface area (Å²) < 4.78 is 0. The summed E-state index contributed by atoms with van der Waals surface area (Å²) in [6, 6.07) is 7.14. The largest absolute Gasteiger partial charge is 0.478 e. The Morgan fingerprint density at radius 3 is 2.88 bits per heavy atom. The Bertz CT molecular complexity index is 350. The molecule has 0 bridgehead atoms. The highest BCUT2D eigenvalue weighted by atomic mass is 32.2. The fourth-order valence-electron chi connectivity index (χ4n) is 1.53.